The van der Waals surface area contributed by atoms with E-state index in [4.69, 9.17) is 14.0 Å². The molecule has 0 atom stereocenters. The van der Waals surface area contributed by atoms with Crippen LogP contribution in [0, 0.1) is 0 Å². The number of hydrogen-bond acceptors (Lipinski definition) is 5. The third kappa shape index (κ3) is 3.23. The summed E-state index contributed by atoms with van der Waals surface area (Å²) in [6, 6.07) is 9.77. The predicted molar refractivity (Wildman–Crippen MR) is 100 cm³/mol. The summed E-state index contributed by atoms with van der Waals surface area (Å²) in [6.07, 6.45) is 4.58. The summed E-state index contributed by atoms with van der Waals surface area (Å²) in [5, 5.41) is 3.98. The average Bonchev–Trinajstić information content (AvgIpc) is 3.23. The lowest BCUT2D eigenvalue weighted by Gasteiger charge is -2.13. The maximum atomic E-state index is 12.6. The average molecular weight is 366 g/mol. The molecule has 4 rings (SSSR count). The third-order valence-corrected chi connectivity index (χ3v) is 4.91. The van der Waals surface area contributed by atoms with E-state index in [2.05, 4.69) is 5.16 Å². The highest BCUT2D eigenvalue weighted by Crippen LogP contribution is 2.35. The van der Waals surface area contributed by atoms with Crippen LogP contribution in [0.1, 0.15) is 40.5 Å². The van der Waals surface area contributed by atoms with Gasteiger partial charge in [-0.1, -0.05) is 17.3 Å². The number of hydrogen-bond donors (Lipinski definition) is 0. The molecule has 0 unspecified atom stereocenters. The Balaban J connectivity index is 1.83. The second-order valence-corrected chi connectivity index (χ2v) is 6.59. The summed E-state index contributed by atoms with van der Waals surface area (Å²) in [5.41, 5.74) is 4.71. The normalized spacial score (nSPS) is 12.8. The van der Waals surface area contributed by atoms with Crippen molar-refractivity contribution in [3.05, 3.63) is 58.9 Å². The zero-order valence-corrected chi connectivity index (χ0v) is 15.5. The highest BCUT2D eigenvalue weighted by Gasteiger charge is 2.27. The molecule has 0 aliphatic heterocycles. The third-order valence-electron chi connectivity index (χ3n) is 4.91. The lowest BCUT2D eigenvalue weighted by atomic mass is 10.1. The molecule has 2 heterocycles. The number of fused-ring (bicyclic) bond motifs is 3. The molecule has 1 aliphatic carbocycles. The van der Waals surface area contributed by atoms with E-state index < -0.39 is 0 Å². The summed E-state index contributed by atoms with van der Waals surface area (Å²) >= 11 is 0. The van der Waals surface area contributed by atoms with Crippen LogP contribution in [-0.4, -0.2) is 29.4 Å². The van der Waals surface area contributed by atoms with Crippen molar-refractivity contribution in [2.24, 2.45) is 0 Å². The van der Waals surface area contributed by atoms with Crippen LogP contribution in [-0.2, 0) is 24.1 Å². The van der Waals surface area contributed by atoms with Crippen molar-refractivity contribution in [2.45, 2.75) is 32.7 Å². The molecule has 0 bridgehead atoms. The molecule has 0 saturated carbocycles. The van der Waals surface area contributed by atoms with Gasteiger partial charge < -0.3 is 18.6 Å². The molecule has 2 aromatic heterocycles. The van der Waals surface area contributed by atoms with E-state index in [0.717, 1.165) is 53.2 Å². The fraction of sp³-hybridized carbons (Fsp3) is 0.333. The first-order valence-electron chi connectivity index (χ1n) is 9.17. The number of esters is 1. The Morgan fingerprint density at radius 2 is 2.00 bits per heavy atom. The fourth-order valence-electron chi connectivity index (χ4n) is 3.62. The van der Waals surface area contributed by atoms with Crippen molar-refractivity contribution in [3.63, 3.8) is 0 Å². The number of aromatic nitrogens is 2. The summed E-state index contributed by atoms with van der Waals surface area (Å²) < 4.78 is 18.1. The van der Waals surface area contributed by atoms with Crippen molar-refractivity contribution in [1.29, 1.82) is 0 Å². The number of ether oxygens (including phenoxy) is 2. The van der Waals surface area contributed by atoms with Gasteiger partial charge in [0.15, 0.2) is 5.76 Å². The topological polar surface area (TPSA) is 66.5 Å². The van der Waals surface area contributed by atoms with E-state index >= 15 is 0 Å². The quantitative estimate of drug-likeness (QED) is 0.642. The van der Waals surface area contributed by atoms with Gasteiger partial charge in [0.25, 0.3) is 0 Å². The molecular weight excluding hydrogens is 344 g/mol. The number of rotatable bonds is 5. The molecule has 0 saturated heterocycles. The van der Waals surface area contributed by atoms with Gasteiger partial charge in [0.2, 0.25) is 0 Å². The van der Waals surface area contributed by atoms with Crippen LogP contribution in [0.5, 0.6) is 5.75 Å². The van der Waals surface area contributed by atoms with Crippen LogP contribution in [0.2, 0.25) is 0 Å². The van der Waals surface area contributed by atoms with E-state index in [1.54, 1.807) is 13.3 Å². The second kappa shape index (κ2) is 7.31. The summed E-state index contributed by atoms with van der Waals surface area (Å²) in [6.45, 7) is 2.69. The minimum atomic E-state index is -0.319. The Kier molecular flexibility index (Phi) is 4.71. The molecule has 6 nitrogen and oxygen atoms in total. The maximum absolute atomic E-state index is 12.6. The van der Waals surface area contributed by atoms with E-state index in [1.807, 2.05) is 41.8 Å². The van der Waals surface area contributed by atoms with Gasteiger partial charge >= 0.3 is 5.97 Å². The summed E-state index contributed by atoms with van der Waals surface area (Å²) in [5.74, 6) is 1.24. The van der Waals surface area contributed by atoms with Crippen LogP contribution >= 0.6 is 0 Å². The van der Waals surface area contributed by atoms with Crippen molar-refractivity contribution in [1.82, 2.24) is 9.72 Å². The number of benzene rings is 1. The van der Waals surface area contributed by atoms with E-state index in [-0.39, 0.29) is 5.97 Å². The summed E-state index contributed by atoms with van der Waals surface area (Å²) in [7, 11) is 1.64. The van der Waals surface area contributed by atoms with E-state index in [9.17, 15) is 4.79 Å². The molecule has 0 fully saturated rings. The first kappa shape index (κ1) is 17.4. The van der Waals surface area contributed by atoms with Gasteiger partial charge in [-0.25, -0.2) is 4.79 Å². The Bertz CT molecular complexity index is 953. The Hall–Kier alpha value is -3.02. The molecule has 0 N–H and O–H groups in total. The number of aryl methyl sites for hydroxylation is 2. The Morgan fingerprint density at radius 3 is 2.74 bits per heavy atom. The van der Waals surface area contributed by atoms with Crippen LogP contribution < -0.4 is 4.74 Å². The van der Waals surface area contributed by atoms with E-state index in [0.29, 0.717) is 18.8 Å². The molecule has 6 heteroatoms. The maximum Gasteiger partial charge on any atom is 0.354 e. The Labute approximate surface area is 157 Å². The van der Waals surface area contributed by atoms with Crippen molar-refractivity contribution >= 4 is 5.97 Å². The van der Waals surface area contributed by atoms with Gasteiger partial charge in [-0.15, -0.1) is 0 Å². The standard InChI is InChI=1S/C21H22N2O4/c1-3-26-21(24)18-11-15-5-4-6-16-12-22-27-20(16)19(15)23(18)13-14-7-9-17(25-2)10-8-14/h7-12H,3-6,13H2,1-2H3. The molecule has 1 aliphatic rings. The first-order valence-corrected chi connectivity index (χ1v) is 9.17. The molecule has 140 valence electrons. The van der Waals surface area contributed by atoms with E-state index in [1.165, 1.54) is 0 Å². The van der Waals surface area contributed by atoms with Gasteiger partial charge in [0.1, 0.15) is 11.4 Å². The van der Waals surface area contributed by atoms with Crippen molar-refractivity contribution in [2.75, 3.05) is 13.7 Å². The second-order valence-electron chi connectivity index (χ2n) is 6.59. The highest BCUT2D eigenvalue weighted by atomic mass is 16.5. The fourth-order valence-corrected chi connectivity index (χ4v) is 3.62. The monoisotopic (exact) mass is 366 g/mol. The van der Waals surface area contributed by atoms with Gasteiger partial charge in [0, 0.05) is 12.1 Å². The van der Waals surface area contributed by atoms with Gasteiger partial charge in [-0.2, -0.15) is 0 Å². The largest absolute Gasteiger partial charge is 0.497 e. The van der Waals surface area contributed by atoms with Crippen LogP contribution in [0.3, 0.4) is 0 Å². The summed E-state index contributed by atoms with van der Waals surface area (Å²) in [4.78, 5) is 12.6. The van der Waals surface area contributed by atoms with Gasteiger partial charge in [-0.05, 0) is 55.5 Å². The SMILES string of the molecule is CCOC(=O)c1cc2c(n1Cc1ccc(OC)cc1)-c1oncc1CCC2. The number of carbonyl (C=O) groups excluding carboxylic acids is 1. The van der Waals surface area contributed by atoms with Gasteiger partial charge in [0.05, 0.1) is 25.6 Å². The smallest absolute Gasteiger partial charge is 0.354 e. The molecule has 27 heavy (non-hydrogen) atoms. The zero-order chi connectivity index (χ0) is 18.8. The number of carbonyl (C=O) groups is 1. The molecule has 0 spiro atoms. The number of nitrogens with zero attached hydrogens (tertiary/aromatic N) is 2. The van der Waals surface area contributed by atoms with Crippen LogP contribution in [0.4, 0.5) is 0 Å². The van der Waals surface area contributed by atoms with Crippen LogP contribution in [0.15, 0.2) is 41.1 Å². The molecule has 1 aromatic carbocycles. The first-order chi connectivity index (χ1) is 13.2. The van der Waals surface area contributed by atoms with Crippen LogP contribution in [0.25, 0.3) is 11.5 Å². The lowest BCUT2D eigenvalue weighted by molar-refractivity contribution is 0.0514. The molecular formula is C21H22N2O4. The predicted octanol–water partition coefficient (Wildman–Crippen LogP) is 3.87. The Morgan fingerprint density at radius 1 is 1.22 bits per heavy atom. The zero-order valence-electron chi connectivity index (χ0n) is 15.5. The molecule has 0 radical (unpaired) electrons. The highest BCUT2D eigenvalue weighted by molar-refractivity contribution is 5.90. The number of methoxy groups -OCH3 is 1. The molecule has 3 aromatic rings. The van der Waals surface area contributed by atoms with Crippen molar-refractivity contribution < 1.29 is 18.8 Å². The molecule has 0 amide bonds. The lowest BCUT2D eigenvalue weighted by Crippen LogP contribution is -2.14. The van der Waals surface area contributed by atoms with Gasteiger partial charge in [-0.3, -0.25) is 0 Å². The minimum absolute atomic E-state index is 0.319. The minimum Gasteiger partial charge on any atom is -0.497 e. The van der Waals surface area contributed by atoms with Crippen molar-refractivity contribution in [3.8, 4) is 17.2 Å².